The molecule has 2 aromatic rings. The van der Waals surface area contributed by atoms with E-state index in [0.29, 0.717) is 0 Å². The van der Waals surface area contributed by atoms with E-state index in [-0.39, 0.29) is 33.7 Å². The molecule has 1 saturated heterocycles. The number of nitrogen functional groups attached to an aromatic ring is 1. The van der Waals surface area contributed by atoms with Gasteiger partial charge in [0.25, 0.3) is 11.8 Å². The fourth-order valence-corrected chi connectivity index (χ4v) is 5.31. The number of β-lactam (4-membered cyclic amide) rings is 1. The molecule has 1 fully saturated rings. The van der Waals surface area contributed by atoms with Crippen LogP contribution < -0.4 is 11.1 Å². The number of ether oxygens (including phenoxy) is 1. The van der Waals surface area contributed by atoms with Crippen LogP contribution in [0.3, 0.4) is 0 Å². The number of nitrogens with zero attached hydrogens (tertiary/aromatic N) is 4. The van der Waals surface area contributed by atoms with E-state index in [1.807, 2.05) is 0 Å². The number of aliphatic carboxylic acids is 1. The van der Waals surface area contributed by atoms with Crippen molar-refractivity contribution in [2.75, 3.05) is 18.6 Å². The number of amides is 2. The van der Waals surface area contributed by atoms with Gasteiger partial charge in [0.05, 0.1) is 5.75 Å². The van der Waals surface area contributed by atoms with Crippen LogP contribution in [-0.4, -0.2) is 67.7 Å². The van der Waals surface area contributed by atoms with E-state index in [9.17, 15) is 19.5 Å². The van der Waals surface area contributed by atoms with Crippen molar-refractivity contribution in [3.05, 3.63) is 52.6 Å². The van der Waals surface area contributed by atoms with Crippen LogP contribution >= 0.6 is 23.1 Å². The number of rotatable bonds is 8. The van der Waals surface area contributed by atoms with Gasteiger partial charge in [0, 0.05) is 17.8 Å². The van der Waals surface area contributed by atoms with Crippen molar-refractivity contribution < 1.29 is 29.1 Å². The highest BCUT2D eigenvalue weighted by Crippen LogP contribution is 2.41. The number of carboxylic acids is 1. The number of pyridine rings is 1. The van der Waals surface area contributed by atoms with Gasteiger partial charge >= 0.3 is 5.97 Å². The third-order valence-electron chi connectivity index (χ3n) is 5.08. The summed E-state index contributed by atoms with van der Waals surface area (Å²) in [5, 5.41) is 17.3. The minimum atomic E-state index is -1.29. The molecule has 0 aliphatic carbocycles. The lowest BCUT2D eigenvalue weighted by molar-refractivity contribution is -0.150. The smallest absolute Gasteiger partial charge is 0.356 e. The zero-order valence-corrected chi connectivity index (χ0v) is 19.6. The van der Waals surface area contributed by atoms with Gasteiger partial charge in [-0.2, -0.15) is 0 Å². The normalized spacial score (nSPS) is 20.8. The van der Waals surface area contributed by atoms with Gasteiger partial charge in [-0.3, -0.25) is 19.5 Å². The Morgan fingerprint density at radius 2 is 2.12 bits per heavy atom. The molecule has 14 heteroatoms. The maximum atomic E-state index is 12.9. The highest BCUT2D eigenvalue weighted by atomic mass is 32.2. The Morgan fingerprint density at radius 3 is 2.74 bits per heavy atom. The average molecular weight is 505 g/mol. The van der Waals surface area contributed by atoms with Crippen LogP contribution in [0.5, 0.6) is 0 Å². The SMILES string of the molecule is CON=C(C(=O)N[C@@H]1C(=O)N2C(C(=O)O)=C(OC(C)c3ccncc3)CS[C@@H]12)c1csc(N)n1. The molecular weight excluding hydrogens is 484 g/mol. The van der Waals surface area contributed by atoms with Gasteiger partial charge in [-0.15, -0.1) is 23.1 Å². The third kappa shape index (κ3) is 4.41. The number of nitrogens with one attached hydrogen (secondary N) is 1. The van der Waals surface area contributed by atoms with Gasteiger partial charge in [0.15, 0.2) is 16.5 Å². The molecule has 1 unspecified atom stereocenters. The fraction of sp³-hybridized carbons (Fsp3) is 0.300. The summed E-state index contributed by atoms with van der Waals surface area (Å²) in [5.74, 6) is -2.18. The number of anilines is 1. The van der Waals surface area contributed by atoms with Crippen molar-refractivity contribution in [1.29, 1.82) is 0 Å². The molecule has 4 rings (SSSR count). The van der Waals surface area contributed by atoms with Gasteiger partial charge in [-0.05, 0) is 24.6 Å². The van der Waals surface area contributed by atoms with E-state index in [1.54, 1.807) is 31.5 Å². The Hall–Kier alpha value is -3.65. The van der Waals surface area contributed by atoms with Crippen LogP contribution in [0.1, 0.15) is 24.3 Å². The van der Waals surface area contributed by atoms with Crippen molar-refractivity contribution in [2.45, 2.75) is 24.4 Å². The van der Waals surface area contributed by atoms with Crippen LogP contribution in [0.2, 0.25) is 0 Å². The van der Waals surface area contributed by atoms with E-state index in [0.717, 1.165) is 21.8 Å². The zero-order valence-electron chi connectivity index (χ0n) is 18.0. The summed E-state index contributed by atoms with van der Waals surface area (Å²) < 4.78 is 5.91. The lowest BCUT2D eigenvalue weighted by atomic mass is 10.0. The lowest BCUT2D eigenvalue weighted by Crippen LogP contribution is -2.71. The Morgan fingerprint density at radius 1 is 1.38 bits per heavy atom. The van der Waals surface area contributed by atoms with Crippen LogP contribution in [0.25, 0.3) is 0 Å². The summed E-state index contributed by atoms with van der Waals surface area (Å²) in [5.41, 5.74) is 6.26. The molecule has 0 aromatic carbocycles. The topological polar surface area (TPSA) is 169 Å². The molecule has 2 aliphatic rings. The number of aromatic nitrogens is 2. The monoisotopic (exact) mass is 504 g/mol. The number of thiazole rings is 1. The van der Waals surface area contributed by atoms with Crippen LogP contribution in [-0.2, 0) is 24.0 Å². The van der Waals surface area contributed by atoms with Crippen molar-refractivity contribution >= 4 is 51.7 Å². The summed E-state index contributed by atoms with van der Waals surface area (Å²) >= 11 is 2.41. The van der Waals surface area contributed by atoms with Crippen molar-refractivity contribution in [1.82, 2.24) is 20.2 Å². The number of thioether (sulfide) groups is 1. The molecule has 2 amide bonds. The Kier molecular flexibility index (Phi) is 6.70. The molecule has 34 heavy (non-hydrogen) atoms. The van der Waals surface area contributed by atoms with Crippen LogP contribution in [0.15, 0.2) is 46.5 Å². The Labute approximate surface area is 201 Å². The predicted octanol–water partition coefficient (Wildman–Crippen LogP) is 0.945. The highest BCUT2D eigenvalue weighted by molar-refractivity contribution is 8.00. The third-order valence-corrected chi connectivity index (χ3v) is 7.01. The first-order chi connectivity index (χ1) is 16.3. The van der Waals surface area contributed by atoms with Gasteiger partial charge in [-0.25, -0.2) is 9.78 Å². The van der Waals surface area contributed by atoms with Gasteiger partial charge in [-0.1, -0.05) is 5.16 Å². The number of carbonyl (C=O) groups is 3. The first-order valence-corrected chi connectivity index (χ1v) is 11.9. The number of nitrogens with two attached hydrogens (primary N) is 1. The van der Waals surface area contributed by atoms with Crippen LogP contribution in [0.4, 0.5) is 5.13 Å². The first kappa shape index (κ1) is 23.5. The van der Waals surface area contributed by atoms with Gasteiger partial charge < -0.3 is 25.7 Å². The summed E-state index contributed by atoms with van der Waals surface area (Å²) in [6.45, 7) is 1.78. The largest absolute Gasteiger partial charge is 0.487 e. The second-order valence-corrected chi connectivity index (χ2v) is 9.17. The molecule has 0 bridgehead atoms. The molecule has 0 saturated carbocycles. The van der Waals surface area contributed by atoms with E-state index in [2.05, 4.69) is 20.4 Å². The molecule has 3 atom stereocenters. The number of fused-ring (bicyclic) bond motifs is 1. The zero-order chi connectivity index (χ0) is 24.4. The first-order valence-electron chi connectivity index (χ1n) is 9.93. The summed E-state index contributed by atoms with van der Waals surface area (Å²) in [4.78, 5) is 51.6. The summed E-state index contributed by atoms with van der Waals surface area (Å²) in [7, 11) is 1.27. The molecule has 0 radical (unpaired) electrons. The minimum absolute atomic E-state index is 0.147. The number of hydrogen-bond acceptors (Lipinski definition) is 11. The van der Waals surface area contributed by atoms with Crippen molar-refractivity contribution in [2.24, 2.45) is 5.16 Å². The predicted molar refractivity (Wildman–Crippen MR) is 123 cm³/mol. The minimum Gasteiger partial charge on any atom is -0.487 e. The molecule has 178 valence electrons. The molecule has 2 aliphatic heterocycles. The summed E-state index contributed by atoms with van der Waals surface area (Å²) in [6.07, 6.45) is 2.77. The average Bonchev–Trinajstić information content (AvgIpc) is 3.26. The number of carbonyl (C=O) groups excluding carboxylic acids is 2. The van der Waals surface area contributed by atoms with E-state index >= 15 is 0 Å². The fourth-order valence-electron chi connectivity index (χ4n) is 3.50. The van der Waals surface area contributed by atoms with E-state index in [4.69, 9.17) is 15.3 Å². The molecule has 2 aromatic heterocycles. The Bertz CT molecular complexity index is 1180. The van der Waals surface area contributed by atoms with Gasteiger partial charge in [0.2, 0.25) is 0 Å². The van der Waals surface area contributed by atoms with Crippen molar-refractivity contribution in [3.63, 3.8) is 0 Å². The summed E-state index contributed by atoms with van der Waals surface area (Å²) in [6, 6.07) is 2.57. The maximum absolute atomic E-state index is 12.9. The molecule has 0 spiro atoms. The Balaban J connectivity index is 1.51. The lowest BCUT2D eigenvalue weighted by Gasteiger charge is -2.49. The quantitative estimate of drug-likeness (QED) is 0.267. The van der Waals surface area contributed by atoms with E-state index < -0.39 is 35.3 Å². The number of hydrogen-bond donors (Lipinski definition) is 3. The molecule has 4 N–H and O–H groups in total. The van der Waals surface area contributed by atoms with Crippen molar-refractivity contribution in [3.8, 4) is 0 Å². The number of carboxylic acid groups (broad SMARTS) is 1. The van der Waals surface area contributed by atoms with Crippen LogP contribution in [0, 0.1) is 0 Å². The number of oxime groups is 1. The maximum Gasteiger partial charge on any atom is 0.356 e. The molecule has 4 heterocycles. The van der Waals surface area contributed by atoms with Gasteiger partial charge in [0.1, 0.15) is 36.1 Å². The molecule has 12 nitrogen and oxygen atoms in total. The highest BCUT2D eigenvalue weighted by Gasteiger charge is 2.55. The second kappa shape index (κ2) is 9.69. The van der Waals surface area contributed by atoms with E-state index in [1.165, 1.54) is 24.3 Å². The standard InChI is InChI=1S/C20H20N6O6S2/c1-9(10-3-5-22-6-4-10)32-12-8-33-18-14(17(28)26(18)15(12)19(29)30)24-16(27)13(25-31-2)11-7-34-20(21)23-11/h3-7,9,14,18H,8H2,1-2H3,(H2,21,23)(H,24,27)(H,29,30)/t9?,14-,18+/m1/s1. The molecular formula is C20H20N6O6S2. The second-order valence-electron chi connectivity index (χ2n) is 7.17.